The van der Waals surface area contributed by atoms with E-state index in [1.165, 1.54) is 28.0 Å². The summed E-state index contributed by atoms with van der Waals surface area (Å²) in [6.45, 7) is 0.0311. The molecule has 0 unspecified atom stereocenters. The van der Waals surface area contributed by atoms with Crippen LogP contribution in [0.5, 0.6) is 0 Å². The van der Waals surface area contributed by atoms with E-state index in [9.17, 15) is 13.6 Å². The molecule has 0 aliphatic heterocycles. The highest BCUT2D eigenvalue weighted by molar-refractivity contribution is 7.16. The summed E-state index contributed by atoms with van der Waals surface area (Å²) in [7, 11) is 0. The molecule has 3 nitrogen and oxygen atoms in total. The number of hydrogen-bond donors (Lipinski definition) is 0. The summed E-state index contributed by atoms with van der Waals surface area (Å²) in [4.78, 5) is 17.1. The molecule has 0 spiro atoms. The Hall–Kier alpha value is -2.56. The molecule has 7 heteroatoms. The standard InChI is InChI=1S/C17H10F2N2OS2/c1-2-7-21-16-13(19)9-11(18)10-14(16)24-17(21)20-15(22)6-5-12-4-3-8-23-12/h1,3-6,8-10H,7H2. The third-order valence-electron chi connectivity index (χ3n) is 3.08. The molecular formula is C17H10F2N2OS2. The lowest BCUT2D eigenvalue weighted by Crippen LogP contribution is -2.16. The van der Waals surface area contributed by atoms with Gasteiger partial charge in [0.2, 0.25) is 0 Å². The molecule has 1 amide bonds. The second-order valence-corrected chi connectivity index (χ2v) is 6.70. The average Bonchev–Trinajstić information content (AvgIpc) is 3.14. The second-order valence-electron chi connectivity index (χ2n) is 4.71. The Morgan fingerprint density at radius 2 is 2.25 bits per heavy atom. The van der Waals surface area contributed by atoms with Crippen molar-refractivity contribution in [1.29, 1.82) is 0 Å². The Morgan fingerprint density at radius 1 is 1.42 bits per heavy atom. The van der Waals surface area contributed by atoms with E-state index in [0.717, 1.165) is 22.3 Å². The van der Waals surface area contributed by atoms with Crippen molar-refractivity contribution in [3.63, 3.8) is 0 Å². The van der Waals surface area contributed by atoms with Gasteiger partial charge in [0.05, 0.1) is 16.8 Å². The van der Waals surface area contributed by atoms with E-state index in [1.54, 1.807) is 6.08 Å². The van der Waals surface area contributed by atoms with Crippen molar-refractivity contribution in [3.8, 4) is 12.3 Å². The molecule has 0 aliphatic carbocycles. The van der Waals surface area contributed by atoms with Crippen molar-refractivity contribution in [1.82, 2.24) is 4.57 Å². The number of carbonyl (C=O) groups is 1. The number of terminal acetylenes is 1. The Morgan fingerprint density at radius 3 is 2.96 bits per heavy atom. The molecule has 2 aromatic heterocycles. The van der Waals surface area contributed by atoms with Gasteiger partial charge in [0.1, 0.15) is 5.82 Å². The van der Waals surface area contributed by atoms with Crippen LogP contribution in [0.15, 0.2) is 40.7 Å². The minimum absolute atomic E-state index is 0.0311. The van der Waals surface area contributed by atoms with Gasteiger partial charge in [0.15, 0.2) is 10.6 Å². The lowest BCUT2D eigenvalue weighted by Gasteiger charge is -2.00. The van der Waals surface area contributed by atoms with Crippen LogP contribution in [0, 0.1) is 24.0 Å². The number of thiophene rings is 1. The van der Waals surface area contributed by atoms with Crippen LogP contribution in [0.25, 0.3) is 16.3 Å². The van der Waals surface area contributed by atoms with Crippen molar-refractivity contribution in [2.24, 2.45) is 4.99 Å². The van der Waals surface area contributed by atoms with Crippen molar-refractivity contribution >= 4 is 44.9 Å². The molecule has 3 aromatic rings. The van der Waals surface area contributed by atoms with E-state index in [-0.39, 0.29) is 16.9 Å². The van der Waals surface area contributed by atoms with Crippen LogP contribution >= 0.6 is 22.7 Å². The van der Waals surface area contributed by atoms with Gasteiger partial charge in [-0.1, -0.05) is 23.3 Å². The number of amides is 1. The first-order valence-electron chi connectivity index (χ1n) is 6.80. The van der Waals surface area contributed by atoms with E-state index in [1.807, 2.05) is 17.5 Å². The van der Waals surface area contributed by atoms with E-state index >= 15 is 0 Å². The molecular weight excluding hydrogens is 350 g/mol. The zero-order valence-corrected chi connectivity index (χ0v) is 13.8. The van der Waals surface area contributed by atoms with Crippen LogP contribution in [0.2, 0.25) is 0 Å². The zero-order chi connectivity index (χ0) is 17.1. The van der Waals surface area contributed by atoms with Gasteiger partial charge in [0, 0.05) is 17.0 Å². The maximum atomic E-state index is 14.1. The quantitative estimate of drug-likeness (QED) is 0.517. The number of thiazole rings is 1. The van der Waals surface area contributed by atoms with Crippen LogP contribution in [-0.4, -0.2) is 10.5 Å². The second kappa shape index (κ2) is 6.91. The lowest BCUT2D eigenvalue weighted by molar-refractivity contribution is -0.113. The summed E-state index contributed by atoms with van der Waals surface area (Å²) in [5.41, 5.74) is 0.146. The third kappa shape index (κ3) is 3.35. The number of fused-ring (bicyclic) bond motifs is 1. The van der Waals surface area contributed by atoms with Gasteiger partial charge < -0.3 is 4.57 Å². The highest BCUT2D eigenvalue weighted by atomic mass is 32.1. The predicted octanol–water partition coefficient (Wildman–Crippen LogP) is 3.82. The number of carbonyl (C=O) groups excluding carboxylic acids is 1. The van der Waals surface area contributed by atoms with Crippen LogP contribution in [-0.2, 0) is 11.3 Å². The zero-order valence-electron chi connectivity index (χ0n) is 12.2. The summed E-state index contributed by atoms with van der Waals surface area (Å²) in [6.07, 6.45) is 8.29. The molecule has 0 atom stereocenters. The normalized spacial score (nSPS) is 12.1. The summed E-state index contributed by atoms with van der Waals surface area (Å²) >= 11 is 2.50. The molecule has 0 saturated carbocycles. The highest BCUT2D eigenvalue weighted by Gasteiger charge is 2.13. The van der Waals surface area contributed by atoms with Crippen molar-refractivity contribution < 1.29 is 13.6 Å². The van der Waals surface area contributed by atoms with E-state index in [2.05, 4.69) is 10.9 Å². The van der Waals surface area contributed by atoms with E-state index in [4.69, 9.17) is 6.42 Å². The number of rotatable bonds is 3. The number of aromatic nitrogens is 1. The Balaban J connectivity index is 2.08. The van der Waals surface area contributed by atoms with E-state index < -0.39 is 17.5 Å². The maximum Gasteiger partial charge on any atom is 0.272 e. The summed E-state index contributed by atoms with van der Waals surface area (Å²) in [6, 6.07) is 5.71. The fourth-order valence-corrected chi connectivity index (χ4v) is 3.82. The molecule has 0 saturated heterocycles. The van der Waals surface area contributed by atoms with Gasteiger partial charge in [-0.25, -0.2) is 8.78 Å². The minimum atomic E-state index is -0.737. The Bertz CT molecular complexity index is 1040. The number of benzene rings is 1. The van der Waals surface area contributed by atoms with Crippen molar-refractivity contribution in [2.45, 2.75) is 6.54 Å². The largest absolute Gasteiger partial charge is 0.302 e. The molecule has 0 aliphatic rings. The van der Waals surface area contributed by atoms with Gasteiger partial charge in [-0.2, -0.15) is 4.99 Å². The van der Waals surface area contributed by atoms with Crippen molar-refractivity contribution in [2.75, 3.05) is 0 Å². The molecule has 0 bridgehead atoms. The fraction of sp³-hybridized carbons (Fsp3) is 0.0588. The average molecular weight is 360 g/mol. The Labute approximate surface area is 144 Å². The first-order chi connectivity index (χ1) is 11.6. The number of halogens is 2. The van der Waals surface area contributed by atoms with Gasteiger partial charge in [-0.05, 0) is 23.6 Å². The van der Waals surface area contributed by atoms with Crippen LogP contribution in [0.3, 0.4) is 0 Å². The molecule has 24 heavy (non-hydrogen) atoms. The highest BCUT2D eigenvalue weighted by Crippen LogP contribution is 2.22. The molecule has 0 radical (unpaired) electrons. The molecule has 3 rings (SSSR count). The smallest absolute Gasteiger partial charge is 0.272 e. The topological polar surface area (TPSA) is 34.4 Å². The van der Waals surface area contributed by atoms with E-state index in [0.29, 0.717) is 4.70 Å². The van der Waals surface area contributed by atoms with Gasteiger partial charge in [-0.15, -0.1) is 17.8 Å². The molecule has 1 aromatic carbocycles. The fourth-order valence-electron chi connectivity index (χ4n) is 2.12. The first-order valence-corrected chi connectivity index (χ1v) is 8.50. The van der Waals surface area contributed by atoms with Crippen LogP contribution in [0.4, 0.5) is 8.78 Å². The van der Waals surface area contributed by atoms with Crippen molar-refractivity contribution in [3.05, 3.63) is 57.0 Å². The first kappa shape index (κ1) is 16.3. The van der Waals surface area contributed by atoms with Gasteiger partial charge in [0.25, 0.3) is 5.91 Å². The number of hydrogen-bond acceptors (Lipinski definition) is 3. The third-order valence-corrected chi connectivity index (χ3v) is 4.95. The SMILES string of the molecule is C#CCn1c(=NC(=O)C=Cc2cccs2)sc2cc(F)cc(F)c21. The summed E-state index contributed by atoms with van der Waals surface area (Å²) in [5, 5.41) is 1.89. The molecule has 120 valence electrons. The molecule has 0 N–H and O–H groups in total. The predicted molar refractivity (Wildman–Crippen MR) is 92.5 cm³/mol. The monoisotopic (exact) mass is 360 g/mol. The summed E-state index contributed by atoms with van der Waals surface area (Å²) < 4.78 is 29.2. The Kier molecular flexibility index (Phi) is 4.69. The van der Waals surface area contributed by atoms with Crippen LogP contribution in [0.1, 0.15) is 4.88 Å². The van der Waals surface area contributed by atoms with Crippen LogP contribution < -0.4 is 4.80 Å². The lowest BCUT2D eigenvalue weighted by atomic mass is 10.3. The maximum absolute atomic E-state index is 14.1. The van der Waals surface area contributed by atoms with Gasteiger partial charge in [-0.3, -0.25) is 4.79 Å². The minimum Gasteiger partial charge on any atom is -0.302 e. The molecule has 2 heterocycles. The van der Waals surface area contributed by atoms with Gasteiger partial charge >= 0.3 is 0 Å². The summed E-state index contributed by atoms with van der Waals surface area (Å²) in [5.74, 6) is 0.468. The molecule has 0 fully saturated rings. The number of nitrogens with zero attached hydrogens (tertiary/aromatic N) is 2.